The molecule has 12 nitrogen and oxygen atoms in total. The van der Waals surface area contributed by atoms with Gasteiger partial charge in [-0.1, -0.05) is 36.7 Å². The number of fused-ring (bicyclic) bond motifs is 1. The number of ether oxygens (including phenoxy) is 6. The Morgan fingerprint density at radius 3 is 1.69 bits per heavy atom. The number of carbonyl (C=O) groups excluding carboxylic acids is 4. The highest BCUT2D eigenvalue weighted by molar-refractivity contribution is 8.24. The summed E-state index contributed by atoms with van der Waals surface area (Å²) in [4.78, 5) is 48.1. The molecule has 0 fully saturated rings. The second-order valence-corrected chi connectivity index (χ2v) is 11.7. The molecule has 1 heterocycles. The van der Waals surface area contributed by atoms with Crippen molar-refractivity contribution in [1.29, 1.82) is 10.5 Å². The maximum atomic E-state index is 12.0. The van der Waals surface area contributed by atoms with Crippen LogP contribution in [0.4, 0.5) is 0 Å². The number of benzene rings is 1. The van der Waals surface area contributed by atoms with Crippen molar-refractivity contribution in [2.75, 3.05) is 39.6 Å². The molecule has 14 heteroatoms. The van der Waals surface area contributed by atoms with Gasteiger partial charge in [0.25, 0.3) is 0 Å². The van der Waals surface area contributed by atoms with Gasteiger partial charge in [0.15, 0.2) is 0 Å². The number of aryl methyl sites for hydroxylation is 1. The second kappa shape index (κ2) is 19.1. The van der Waals surface area contributed by atoms with E-state index < -0.39 is 23.9 Å². The first-order valence-electron chi connectivity index (χ1n) is 13.8. The monoisotopic (exact) mass is 658 g/mol. The van der Waals surface area contributed by atoms with E-state index >= 15 is 0 Å². The summed E-state index contributed by atoms with van der Waals surface area (Å²) in [6.07, 6.45) is 0.869. The van der Waals surface area contributed by atoms with E-state index in [1.165, 1.54) is 37.4 Å². The van der Waals surface area contributed by atoms with E-state index in [4.69, 9.17) is 28.4 Å². The number of allylic oxidation sites excluding steroid dienone is 1. The highest BCUT2D eigenvalue weighted by Gasteiger charge is 2.30. The van der Waals surface area contributed by atoms with Crippen LogP contribution in [0, 0.1) is 29.6 Å². The Balaban J connectivity index is 1.93. The lowest BCUT2D eigenvalue weighted by atomic mass is 10.2. The van der Waals surface area contributed by atoms with E-state index in [9.17, 15) is 29.7 Å². The number of esters is 4. The molecule has 0 aliphatic carbocycles. The summed E-state index contributed by atoms with van der Waals surface area (Å²) in [5.41, 5.74) is 1.21. The van der Waals surface area contributed by atoms with Crippen LogP contribution in [-0.2, 0) is 38.1 Å². The van der Waals surface area contributed by atoms with E-state index in [0.717, 1.165) is 5.56 Å². The molecule has 240 valence electrons. The molecule has 0 radical (unpaired) electrons. The Morgan fingerprint density at radius 2 is 1.20 bits per heavy atom. The van der Waals surface area contributed by atoms with E-state index in [0.29, 0.717) is 38.4 Å². The lowest BCUT2D eigenvalue weighted by Gasteiger charge is -2.16. The first-order chi connectivity index (χ1) is 21.5. The van der Waals surface area contributed by atoms with E-state index in [2.05, 4.69) is 13.2 Å². The van der Waals surface area contributed by atoms with Crippen LogP contribution in [0.5, 0.6) is 11.5 Å². The van der Waals surface area contributed by atoms with Gasteiger partial charge in [-0.3, -0.25) is 9.59 Å². The minimum atomic E-state index is -0.554. The average Bonchev–Trinajstić information content (AvgIpc) is 3.44. The van der Waals surface area contributed by atoms with Crippen LogP contribution >= 0.6 is 23.5 Å². The average molecular weight is 659 g/mol. The second-order valence-electron chi connectivity index (χ2n) is 9.45. The molecular weight excluding hydrogens is 624 g/mol. The molecule has 1 aliphatic rings. The topological polar surface area (TPSA) is 171 Å². The largest absolute Gasteiger partial charge is 0.492 e. The molecule has 1 aromatic carbocycles. The molecule has 0 atom stereocenters. The quantitative estimate of drug-likeness (QED) is 0.0671. The summed E-state index contributed by atoms with van der Waals surface area (Å²) in [5, 5.41) is 18.8. The minimum Gasteiger partial charge on any atom is -0.492 e. The van der Waals surface area contributed by atoms with Crippen molar-refractivity contribution in [1.82, 2.24) is 0 Å². The number of thioether (sulfide) groups is 2. The first-order valence-corrected chi connectivity index (χ1v) is 15.4. The van der Waals surface area contributed by atoms with Crippen LogP contribution in [0.25, 0.3) is 0 Å². The molecule has 0 saturated heterocycles. The lowest BCUT2D eigenvalue weighted by Crippen LogP contribution is -2.14. The van der Waals surface area contributed by atoms with Gasteiger partial charge < -0.3 is 28.4 Å². The van der Waals surface area contributed by atoms with E-state index in [1.807, 2.05) is 19.1 Å². The van der Waals surface area contributed by atoms with Crippen molar-refractivity contribution in [3.8, 4) is 23.6 Å². The van der Waals surface area contributed by atoms with Gasteiger partial charge in [-0.25, -0.2) is 9.59 Å². The van der Waals surface area contributed by atoms with Crippen molar-refractivity contribution in [3.63, 3.8) is 0 Å². The lowest BCUT2D eigenvalue weighted by molar-refractivity contribution is -0.150. The molecule has 45 heavy (non-hydrogen) atoms. The van der Waals surface area contributed by atoms with Gasteiger partial charge in [0.2, 0.25) is 0 Å². The maximum absolute atomic E-state index is 12.0. The summed E-state index contributed by atoms with van der Waals surface area (Å²) in [6.45, 7) is 11.9. The highest BCUT2D eigenvalue weighted by Crippen LogP contribution is 2.59. The summed E-state index contributed by atoms with van der Waals surface area (Å²) >= 11 is 2.45. The number of carbonyl (C=O) groups is 4. The van der Waals surface area contributed by atoms with Gasteiger partial charge in [-0.15, -0.1) is 0 Å². The molecule has 0 spiro atoms. The van der Waals surface area contributed by atoms with Crippen LogP contribution in [0.15, 0.2) is 50.0 Å². The Morgan fingerprint density at radius 1 is 0.733 bits per heavy atom. The van der Waals surface area contributed by atoms with Gasteiger partial charge >= 0.3 is 23.9 Å². The zero-order chi connectivity index (χ0) is 33.4. The molecule has 2 rings (SSSR count). The predicted octanol–water partition coefficient (Wildman–Crippen LogP) is 5.09. The summed E-state index contributed by atoms with van der Waals surface area (Å²) < 4.78 is 32.4. The van der Waals surface area contributed by atoms with E-state index in [-0.39, 0.29) is 69.2 Å². The fourth-order valence-corrected chi connectivity index (χ4v) is 5.97. The third-order valence-corrected chi connectivity index (χ3v) is 8.18. The fraction of sp³-hybridized carbons (Fsp3) is 0.419. The molecule has 0 amide bonds. The van der Waals surface area contributed by atoms with Gasteiger partial charge in [0, 0.05) is 24.0 Å². The molecule has 0 N–H and O–H groups in total. The van der Waals surface area contributed by atoms with Crippen molar-refractivity contribution >= 4 is 47.4 Å². The van der Waals surface area contributed by atoms with Crippen molar-refractivity contribution in [2.45, 2.75) is 56.2 Å². The molecule has 0 unspecified atom stereocenters. The van der Waals surface area contributed by atoms with E-state index in [1.54, 1.807) is 6.07 Å². The van der Waals surface area contributed by atoms with Crippen LogP contribution in [-0.4, -0.2) is 63.5 Å². The number of rotatable bonds is 18. The molecule has 0 saturated carbocycles. The van der Waals surface area contributed by atoms with Crippen LogP contribution < -0.4 is 9.47 Å². The third-order valence-electron chi connectivity index (χ3n) is 5.57. The maximum Gasteiger partial charge on any atom is 0.333 e. The van der Waals surface area contributed by atoms with Gasteiger partial charge in [0.05, 0.1) is 27.2 Å². The molecule has 1 aromatic rings. The van der Waals surface area contributed by atoms with Crippen molar-refractivity contribution in [3.05, 3.63) is 45.7 Å². The number of hydrogen-bond donors (Lipinski definition) is 0. The minimum absolute atomic E-state index is 0.0379. The normalized spacial score (nSPS) is 11.3. The van der Waals surface area contributed by atoms with Crippen LogP contribution in [0.2, 0.25) is 0 Å². The standard InChI is InChI=1S/C31H34N2O10S2/c1-19(2)29(36)42-14-12-39-24(34)8-6-10-38-23-16-21(5)26(28-27(23)44-31(45-28)22(17-32)18-33)41-11-7-9-25(35)40-13-15-43-30(37)20(3)4/h16H,1,3,6-15H2,2,4-5H3. The van der Waals surface area contributed by atoms with Crippen molar-refractivity contribution in [2.24, 2.45) is 0 Å². The third kappa shape index (κ3) is 12.3. The van der Waals surface area contributed by atoms with Crippen LogP contribution in [0.3, 0.4) is 0 Å². The highest BCUT2D eigenvalue weighted by atomic mass is 32.2. The number of hydrogen-bond acceptors (Lipinski definition) is 14. The first kappa shape index (κ1) is 36.8. The summed E-state index contributed by atoms with van der Waals surface area (Å²) in [5.74, 6) is -0.991. The fourth-order valence-electron chi connectivity index (χ4n) is 3.38. The zero-order valence-electron chi connectivity index (χ0n) is 25.4. The smallest absolute Gasteiger partial charge is 0.333 e. The number of nitriles is 2. The molecule has 0 aromatic heterocycles. The van der Waals surface area contributed by atoms with Crippen molar-refractivity contribution < 1.29 is 47.6 Å². The number of nitrogens with zero attached hydrogens (tertiary/aromatic N) is 2. The van der Waals surface area contributed by atoms with Gasteiger partial charge in [0.1, 0.15) is 55.6 Å². The molecular formula is C31H34N2O10S2. The Hall–Kier alpha value is -4.40. The van der Waals surface area contributed by atoms with Gasteiger partial charge in [-0.05, 0) is 45.2 Å². The van der Waals surface area contributed by atoms with Crippen LogP contribution in [0.1, 0.15) is 45.1 Å². The SMILES string of the molecule is C=C(C)C(=O)OCCOC(=O)CCCOc1cc(C)c(OCCCC(=O)OCCOC(=O)C(=C)C)c2c1SC(=C(C#N)C#N)S2. The Labute approximate surface area is 270 Å². The Bertz CT molecular complexity index is 1420. The predicted molar refractivity (Wildman–Crippen MR) is 164 cm³/mol. The summed E-state index contributed by atoms with van der Waals surface area (Å²) in [7, 11) is 0. The molecule has 1 aliphatic heterocycles. The zero-order valence-corrected chi connectivity index (χ0v) is 27.0. The van der Waals surface area contributed by atoms with Gasteiger partial charge in [-0.2, -0.15) is 10.5 Å². The Kier molecular flexibility index (Phi) is 15.6. The molecule has 0 bridgehead atoms. The summed E-state index contributed by atoms with van der Waals surface area (Å²) in [6, 6.07) is 5.59.